The molecule has 2 aromatic carbocycles. The predicted octanol–water partition coefficient (Wildman–Crippen LogP) is 5.27. The van der Waals surface area contributed by atoms with Gasteiger partial charge >= 0.3 is 0 Å². The van der Waals surface area contributed by atoms with Crippen LogP contribution in [0.4, 0.5) is 0 Å². The van der Waals surface area contributed by atoms with Crippen molar-refractivity contribution >= 4 is 28.4 Å². The zero-order valence-electron chi connectivity index (χ0n) is 18.8. The van der Waals surface area contributed by atoms with E-state index in [4.69, 9.17) is 9.72 Å². The fourth-order valence-corrected chi connectivity index (χ4v) is 7.97. The molecular formula is C27H28N2O3S. The molecule has 3 aromatic rings. The van der Waals surface area contributed by atoms with Gasteiger partial charge in [-0.1, -0.05) is 30.0 Å². The Hall–Kier alpha value is -2.60. The second kappa shape index (κ2) is 8.01. The van der Waals surface area contributed by atoms with Crippen LogP contribution in [-0.2, 0) is 4.79 Å². The van der Waals surface area contributed by atoms with Crippen LogP contribution < -0.4 is 10.3 Å². The summed E-state index contributed by atoms with van der Waals surface area (Å²) in [6.07, 6.45) is 7.15. The second-order valence-electron chi connectivity index (χ2n) is 10.2. The zero-order valence-corrected chi connectivity index (χ0v) is 19.6. The number of para-hydroxylation sites is 1. The molecule has 0 saturated heterocycles. The number of fused-ring (bicyclic) bond motifs is 1. The van der Waals surface area contributed by atoms with E-state index in [1.807, 2.05) is 42.5 Å². The number of ether oxygens (including phenoxy) is 1. The minimum absolute atomic E-state index is 0.126. The van der Waals surface area contributed by atoms with E-state index in [0.717, 1.165) is 37.0 Å². The van der Waals surface area contributed by atoms with E-state index in [9.17, 15) is 9.59 Å². The van der Waals surface area contributed by atoms with E-state index in [1.165, 1.54) is 31.0 Å². The number of carbonyl (C=O) groups excluding carboxylic acids is 1. The van der Waals surface area contributed by atoms with Crippen LogP contribution in [0.25, 0.3) is 16.6 Å². The lowest BCUT2D eigenvalue weighted by atomic mass is 9.48. The number of thioether (sulfide) groups is 1. The third-order valence-electron chi connectivity index (χ3n) is 8.02. The summed E-state index contributed by atoms with van der Waals surface area (Å²) in [6.45, 7) is 0. The van der Waals surface area contributed by atoms with Gasteiger partial charge in [0.15, 0.2) is 5.16 Å². The molecule has 4 fully saturated rings. The molecule has 170 valence electrons. The lowest BCUT2D eigenvalue weighted by molar-refractivity contribution is -0.141. The molecule has 1 heterocycles. The van der Waals surface area contributed by atoms with Crippen molar-refractivity contribution in [2.45, 2.75) is 43.7 Å². The second-order valence-corrected chi connectivity index (χ2v) is 11.1. The Morgan fingerprint density at radius 1 is 1.06 bits per heavy atom. The van der Waals surface area contributed by atoms with Crippen LogP contribution in [0.15, 0.2) is 58.5 Å². The minimum atomic E-state index is -0.139. The number of Topliss-reactive ketones (excluding diaryl/α,β-unsaturated/α-hetero) is 1. The van der Waals surface area contributed by atoms with E-state index in [-0.39, 0.29) is 11.0 Å². The van der Waals surface area contributed by atoms with Gasteiger partial charge in [0.25, 0.3) is 5.56 Å². The molecule has 6 heteroatoms. The van der Waals surface area contributed by atoms with Crippen molar-refractivity contribution in [3.8, 4) is 11.4 Å². The topological polar surface area (TPSA) is 61.2 Å². The molecule has 4 saturated carbocycles. The highest BCUT2D eigenvalue weighted by molar-refractivity contribution is 7.99. The van der Waals surface area contributed by atoms with Gasteiger partial charge in [-0.15, -0.1) is 0 Å². The summed E-state index contributed by atoms with van der Waals surface area (Å²) < 4.78 is 7.01. The van der Waals surface area contributed by atoms with E-state index >= 15 is 0 Å². The van der Waals surface area contributed by atoms with Crippen LogP contribution in [0.5, 0.6) is 5.75 Å². The van der Waals surface area contributed by atoms with Gasteiger partial charge in [-0.05, 0) is 80.5 Å². The third-order valence-corrected chi connectivity index (χ3v) is 8.96. The number of ketones is 1. The summed E-state index contributed by atoms with van der Waals surface area (Å²) in [5.74, 6) is 3.59. The minimum Gasteiger partial charge on any atom is -0.497 e. The van der Waals surface area contributed by atoms with Crippen molar-refractivity contribution in [2.24, 2.45) is 23.2 Å². The normalized spacial score (nSPS) is 27.7. The van der Waals surface area contributed by atoms with Gasteiger partial charge in [-0.2, -0.15) is 0 Å². The molecule has 1 aromatic heterocycles. The van der Waals surface area contributed by atoms with Gasteiger partial charge in [0.1, 0.15) is 11.5 Å². The maximum absolute atomic E-state index is 13.6. The van der Waals surface area contributed by atoms with Crippen molar-refractivity contribution in [3.05, 3.63) is 58.9 Å². The maximum atomic E-state index is 13.6. The zero-order chi connectivity index (χ0) is 22.6. The SMILES string of the molecule is COc1cccc(-n2c(SCC(=O)C34CC5CC(CC(C5)C3)C4)nc3ccccc3c2=O)c1. The Kier molecular flexibility index (Phi) is 5.09. The summed E-state index contributed by atoms with van der Waals surface area (Å²) in [6, 6.07) is 14.8. The lowest BCUT2D eigenvalue weighted by Crippen LogP contribution is -2.50. The summed E-state index contributed by atoms with van der Waals surface area (Å²) in [5.41, 5.74) is 1.09. The monoisotopic (exact) mass is 460 g/mol. The van der Waals surface area contributed by atoms with Gasteiger partial charge in [0.05, 0.1) is 29.5 Å². The quantitative estimate of drug-likeness (QED) is 0.370. The molecule has 33 heavy (non-hydrogen) atoms. The van der Waals surface area contributed by atoms with Crippen molar-refractivity contribution in [1.29, 1.82) is 0 Å². The molecule has 4 bridgehead atoms. The van der Waals surface area contributed by atoms with Crippen molar-refractivity contribution < 1.29 is 9.53 Å². The summed E-state index contributed by atoms with van der Waals surface area (Å²) >= 11 is 1.40. The fourth-order valence-electron chi connectivity index (χ4n) is 6.92. The molecule has 0 N–H and O–H groups in total. The Balaban J connectivity index is 1.36. The van der Waals surface area contributed by atoms with Crippen molar-refractivity contribution in [2.75, 3.05) is 12.9 Å². The Labute approximate surface area is 197 Å². The van der Waals surface area contributed by atoms with Crippen molar-refractivity contribution in [1.82, 2.24) is 9.55 Å². The van der Waals surface area contributed by atoms with Gasteiger partial charge in [-0.25, -0.2) is 4.98 Å². The first-order valence-corrected chi connectivity index (χ1v) is 12.9. The number of hydrogen-bond donors (Lipinski definition) is 0. The summed E-state index contributed by atoms with van der Waals surface area (Å²) in [5, 5.41) is 1.13. The van der Waals surface area contributed by atoms with E-state index in [0.29, 0.717) is 39.0 Å². The van der Waals surface area contributed by atoms with Crippen LogP contribution in [0.3, 0.4) is 0 Å². The molecule has 4 aliphatic rings. The van der Waals surface area contributed by atoms with Gasteiger partial charge in [0.2, 0.25) is 0 Å². The van der Waals surface area contributed by atoms with E-state index in [2.05, 4.69) is 0 Å². The standard InChI is InChI=1S/C27H28N2O3S/c1-32-21-6-4-5-20(12-21)29-25(31)22-7-2-3-8-23(22)28-26(29)33-16-24(30)27-13-17-9-18(14-27)11-19(10-17)15-27/h2-8,12,17-19H,9-11,13-16H2,1H3. The number of methoxy groups -OCH3 is 1. The number of aromatic nitrogens is 2. The first-order chi connectivity index (χ1) is 16.0. The molecule has 0 spiro atoms. The average Bonchev–Trinajstić information content (AvgIpc) is 2.82. The Morgan fingerprint density at radius 3 is 2.45 bits per heavy atom. The van der Waals surface area contributed by atoms with Crippen LogP contribution >= 0.6 is 11.8 Å². The molecule has 0 aliphatic heterocycles. The first-order valence-electron chi connectivity index (χ1n) is 11.9. The van der Waals surface area contributed by atoms with E-state index < -0.39 is 0 Å². The van der Waals surface area contributed by atoms with Gasteiger partial charge < -0.3 is 4.74 Å². The highest BCUT2D eigenvalue weighted by Crippen LogP contribution is 2.60. The molecule has 0 unspecified atom stereocenters. The van der Waals surface area contributed by atoms with Crippen LogP contribution in [0.2, 0.25) is 0 Å². The molecule has 7 rings (SSSR count). The molecule has 0 atom stereocenters. The maximum Gasteiger partial charge on any atom is 0.266 e. The van der Waals surface area contributed by atoms with E-state index in [1.54, 1.807) is 17.7 Å². The molecule has 4 aliphatic carbocycles. The fraction of sp³-hybridized carbons (Fsp3) is 0.444. The number of benzene rings is 2. The van der Waals surface area contributed by atoms with Crippen LogP contribution in [0.1, 0.15) is 38.5 Å². The average molecular weight is 461 g/mol. The van der Waals surface area contributed by atoms with Crippen LogP contribution in [-0.4, -0.2) is 28.2 Å². The number of hydrogen-bond acceptors (Lipinski definition) is 5. The largest absolute Gasteiger partial charge is 0.497 e. The van der Waals surface area contributed by atoms with Crippen molar-refractivity contribution in [3.63, 3.8) is 0 Å². The highest BCUT2D eigenvalue weighted by atomic mass is 32.2. The summed E-state index contributed by atoms with van der Waals surface area (Å²) in [7, 11) is 1.61. The molecule has 0 radical (unpaired) electrons. The molecular weight excluding hydrogens is 432 g/mol. The summed E-state index contributed by atoms with van der Waals surface area (Å²) in [4.78, 5) is 31.9. The lowest BCUT2D eigenvalue weighted by Gasteiger charge is -2.56. The van der Waals surface area contributed by atoms with Crippen LogP contribution in [0, 0.1) is 23.2 Å². The Morgan fingerprint density at radius 2 is 1.76 bits per heavy atom. The third kappa shape index (κ3) is 3.59. The molecule has 5 nitrogen and oxygen atoms in total. The number of rotatable bonds is 6. The molecule has 0 amide bonds. The number of nitrogens with zero attached hydrogens (tertiary/aromatic N) is 2. The Bertz CT molecular complexity index is 1260. The first kappa shape index (κ1) is 21.0. The van der Waals surface area contributed by atoms with Gasteiger partial charge in [0, 0.05) is 11.5 Å². The smallest absolute Gasteiger partial charge is 0.266 e. The van der Waals surface area contributed by atoms with Gasteiger partial charge in [-0.3, -0.25) is 14.2 Å². The highest BCUT2D eigenvalue weighted by Gasteiger charge is 2.54. The number of carbonyl (C=O) groups is 1. The predicted molar refractivity (Wildman–Crippen MR) is 130 cm³/mol.